The molecule has 1 aromatic heterocycles. The lowest BCUT2D eigenvalue weighted by atomic mass is 10.0. The van der Waals surface area contributed by atoms with Crippen molar-refractivity contribution in [3.63, 3.8) is 0 Å². The summed E-state index contributed by atoms with van der Waals surface area (Å²) in [6.07, 6.45) is 0.238. The number of nitriles is 1. The summed E-state index contributed by atoms with van der Waals surface area (Å²) >= 11 is 2.81. The van der Waals surface area contributed by atoms with Crippen LogP contribution in [0.15, 0.2) is 35.2 Å². The number of ether oxygens (including phenoxy) is 1. The van der Waals surface area contributed by atoms with Gasteiger partial charge in [-0.2, -0.15) is 5.26 Å². The number of thiophene rings is 1. The van der Waals surface area contributed by atoms with Gasteiger partial charge in [0, 0.05) is 16.3 Å². The molecule has 0 saturated heterocycles. The van der Waals surface area contributed by atoms with E-state index >= 15 is 0 Å². The Morgan fingerprint density at radius 3 is 2.85 bits per heavy atom. The van der Waals surface area contributed by atoms with Gasteiger partial charge >= 0.3 is 6.09 Å². The summed E-state index contributed by atoms with van der Waals surface area (Å²) in [6, 6.07) is 11.9. The third kappa shape index (κ3) is 4.62. The molecule has 0 fully saturated rings. The van der Waals surface area contributed by atoms with Crippen molar-refractivity contribution in [2.24, 2.45) is 0 Å². The lowest BCUT2D eigenvalue weighted by molar-refractivity contribution is -0.113. The molecule has 0 atom stereocenters. The quantitative estimate of drug-likeness (QED) is 0.769. The monoisotopic (exact) mass is 401 g/mol. The predicted molar refractivity (Wildman–Crippen MR) is 106 cm³/mol. The van der Waals surface area contributed by atoms with Gasteiger partial charge in [0.05, 0.1) is 24.5 Å². The molecule has 0 aliphatic carbocycles. The fourth-order valence-electron chi connectivity index (χ4n) is 2.81. The Bertz CT molecular complexity index is 874. The molecule has 0 saturated carbocycles. The highest BCUT2D eigenvalue weighted by Gasteiger charge is 2.28. The maximum absolute atomic E-state index is 12.3. The molecule has 0 spiro atoms. The van der Waals surface area contributed by atoms with Crippen LogP contribution >= 0.6 is 23.1 Å². The van der Waals surface area contributed by atoms with Gasteiger partial charge in [0.15, 0.2) is 0 Å². The highest BCUT2D eigenvalue weighted by molar-refractivity contribution is 8.00. The second-order valence-electron chi connectivity index (χ2n) is 5.84. The SMILES string of the molecule is CCOC(=O)N1CCc2c(sc(NC(=O)CSc3ccccc3)c2C#N)C1. The van der Waals surface area contributed by atoms with Crippen LogP contribution < -0.4 is 5.32 Å². The van der Waals surface area contributed by atoms with Crippen LogP contribution in [0.25, 0.3) is 0 Å². The summed E-state index contributed by atoms with van der Waals surface area (Å²) < 4.78 is 5.05. The molecule has 0 bridgehead atoms. The number of hydrogen-bond acceptors (Lipinski definition) is 6. The van der Waals surface area contributed by atoms with Crippen LogP contribution in [0.4, 0.5) is 9.80 Å². The molecule has 140 valence electrons. The standard InChI is InChI=1S/C19H19N3O3S2/c1-2-25-19(24)22-9-8-14-15(10-20)18(27-16(14)11-22)21-17(23)12-26-13-6-4-3-5-7-13/h3-7H,2,8-9,11-12H2,1H3,(H,21,23). The second-order valence-corrected chi connectivity index (χ2v) is 7.99. The van der Waals surface area contributed by atoms with Crippen molar-refractivity contribution in [1.82, 2.24) is 4.90 Å². The minimum Gasteiger partial charge on any atom is -0.450 e. The number of anilines is 1. The zero-order valence-corrected chi connectivity index (χ0v) is 16.5. The van der Waals surface area contributed by atoms with Crippen LogP contribution in [0.5, 0.6) is 0 Å². The number of thioether (sulfide) groups is 1. The lowest BCUT2D eigenvalue weighted by Gasteiger charge is -2.25. The first-order valence-electron chi connectivity index (χ1n) is 8.56. The van der Waals surface area contributed by atoms with E-state index in [9.17, 15) is 14.9 Å². The molecule has 2 heterocycles. The number of hydrogen-bond donors (Lipinski definition) is 1. The lowest BCUT2D eigenvalue weighted by Crippen LogP contribution is -2.35. The van der Waals surface area contributed by atoms with Gasteiger partial charge in [-0.05, 0) is 31.0 Å². The van der Waals surface area contributed by atoms with Crippen LogP contribution in [0.3, 0.4) is 0 Å². The van der Waals surface area contributed by atoms with Crippen molar-refractivity contribution < 1.29 is 14.3 Å². The van der Waals surface area contributed by atoms with Crippen molar-refractivity contribution in [2.75, 3.05) is 24.2 Å². The third-order valence-electron chi connectivity index (χ3n) is 4.06. The first-order chi connectivity index (χ1) is 13.1. The summed E-state index contributed by atoms with van der Waals surface area (Å²) in [7, 11) is 0. The fourth-order valence-corrected chi connectivity index (χ4v) is 4.76. The van der Waals surface area contributed by atoms with Crippen molar-refractivity contribution in [2.45, 2.75) is 24.8 Å². The van der Waals surface area contributed by atoms with Gasteiger partial charge in [0.1, 0.15) is 11.1 Å². The van der Waals surface area contributed by atoms with Crippen molar-refractivity contribution >= 4 is 40.1 Å². The topological polar surface area (TPSA) is 82.4 Å². The second kappa shape index (κ2) is 8.93. The first kappa shape index (κ1) is 19.3. The largest absolute Gasteiger partial charge is 0.450 e. The third-order valence-corrected chi connectivity index (χ3v) is 6.21. The molecule has 6 nitrogen and oxygen atoms in total. The normalized spacial score (nSPS) is 12.8. The molecule has 1 aliphatic rings. The van der Waals surface area contributed by atoms with E-state index in [1.807, 2.05) is 30.3 Å². The van der Waals surface area contributed by atoms with Crippen LogP contribution in [-0.2, 0) is 22.5 Å². The average molecular weight is 402 g/mol. The molecule has 27 heavy (non-hydrogen) atoms. The van der Waals surface area contributed by atoms with Gasteiger partial charge in [-0.1, -0.05) is 18.2 Å². The van der Waals surface area contributed by atoms with Crippen molar-refractivity contribution in [3.8, 4) is 6.07 Å². The van der Waals surface area contributed by atoms with E-state index in [1.54, 1.807) is 11.8 Å². The van der Waals surface area contributed by atoms with Crippen LogP contribution in [0.1, 0.15) is 22.9 Å². The van der Waals surface area contributed by atoms with Gasteiger partial charge in [-0.25, -0.2) is 4.79 Å². The average Bonchev–Trinajstić information content (AvgIpc) is 3.03. The van der Waals surface area contributed by atoms with E-state index < -0.39 is 0 Å². The molecule has 0 radical (unpaired) electrons. The van der Waals surface area contributed by atoms with Crippen LogP contribution in [0.2, 0.25) is 0 Å². The highest BCUT2D eigenvalue weighted by Crippen LogP contribution is 2.37. The molecule has 2 amide bonds. The number of amides is 2. The summed E-state index contributed by atoms with van der Waals surface area (Å²) in [5, 5.41) is 13.0. The Kier molecular flexibility index (Phi) is 6.37. The summed E-state index contributed by atoms with van der Waals surface area (Å²) in [5.74, 6) is 0.119. The van der Waals surface area contributed by atoms with E-state index in [-0.39, 0.29) is 17.8 Å². The van der Waals surface area contributed by atoms with E-state index in [0.29, 0.717) is 36.7 Å². The molecule has 1 aromatic carbocycles. The number of carbonyl (C=O) groups is 2. The number of rotatable bonds is 5. The van der Waals surface area contributed by atoms with Gasteiger partial charge in [0.25, 0.3) is 0 Å². The van der Waals surface area contributed by atoms with Crippen LogP contribution in [-0.4, -0.2) is 35.8 Å². The minimum absolute atomic E-state index is 0.152. The molecule has 0 unspecified atom stereocenters. The number of nitrogens with one attached hydrogen (secondary N) is 1. The van der Waals surface area contributed by atoms with Gasteiger partial charge in [-0.15, -0.1) is 23.1 Å². The molecule has 3 rings (SSSR count). The Morgan fingerprint density at radius 1 is 1.37 bits per heavy atom. The Balaban J connectivity index is 1.67. The van der Waals surface area contributed by atoms with Gasteiger partial charge < -0.3 is 15.0 Å². The van der Waals surface area contributed by atoms with E-state index in [0.717, 1.165) is 15.3 Å². The summed E-state index contributed by atoms with van der Waals surface area (Å²) in [4.78, 5) is 27.8. The van der Waals surface area contributed by atoms with Crippen LogP contribution in [0, 0.1) is 11.3 Å². The van der Waals surface area contributed by atoms with E-state index in [1.165, 1.54) is 23.1 Å². The maximum atomic E-state index is 12.3. The zero-order valence-electron chi connectivity index (χ0n) is 14.9. The first-order valence-corrected chi connectivity index (χ1v) is 10.4. The number of carbonyl (C=O) groups excluding carboxylic acids is 2. The smallest absolute Gasteiger partial charge is 0.410 e. The summed E-state index contributed by atoms with van der Waals surface area (Å²) in [6.45, 7) is 3.01. The Morgan fingerprint density at radius 2 is 2.15 bits per heavy atom. The Labute approximate surface area is 166 Å². The van der Waals surface area contributed by atoms with Gasteiger partial charge in [-0.3, -0.25) is 4.79 Å². The molecule has 2 aromatic rings. The highest BCUT2D eigenvalue weighted by atomic mass is 32.2. The summed E-state index contributed by atoms with van der Waals surface area (Å²) in [5.41, 5.74) is 1.44. The molecule has 8 heteroatoms. The molecular weight excluding hydrogens is 382 g/mol. The fraction of sp³-hybridized carbons (Fsp3) is 0.316. The number of fused-ring (bicyclic) bond motifs is 1. The predicted octanol–water partition coefficient (Wildman–Crippen LogP) is 3.87. The van der Waals surface area contributed by atoms with E-state index in [4.69, 9.17) is 4.74 Å². The number of benzene rings is 1. The van der Waals surface area contributed by atoms with Crippen molar-refractivity contribution in [1.29, 1.82) is 5.26 Å². The Hall–Kier alpha value is -2.50. The molecule has 1 aliphatic heterocycles. The van der Waals surface area contributed by atoms with Gasteiger partial charge in [0.2, 0.25) is 5.91 Å². The van der Waals surface area contributed by atoms with E-state index in [2.05, 4.69) is 11.4 Å². The molecule has 1 N–H and O–H groups in total. The van der Waals surface area contributed by atoms with Crippen molar-refractivity contribution in [3.05, 3.63) is 46.3 Å². The number of nitrogens with zero attached hydrogens (tertiary/aromatic N) is 2. The zero-order chi connectivity index (χ0) is 19.2. The maximum Gasteiger partial charge on any atom is 0.410 e. The minimum atomic E-state index is -0.347. The molecular formula is C19H19N3O3S2.